The second-order valence-corrected chi connectivity index (χ2v) is 6.09. The molecule has 5 rings (SSSR count). The van der Waals surface area contributed by atoms with Crippen molar-refractivity contribution in [3.8, 4) is 22.8 Å². The molecule has 7 nitrogen and oxygen atoms in total. The fourth-order valence-electron chi connectivity index (χ4n) is 2.97. The number of hydrogen-bond acceptors (Lipinski definition) is 5. The number of para-hydroxylation sites is 1. The predicted octanol–water partition coefficient (Wildman–Crippen LogP) is 3.14. The van der Waals surface area contributed by atoms with Gasteiger partial charge in [-0.05, 0) is 31.2 Å². The molecule has 0 aliphatic rings. The van der Waals surface area contributed by atoms with Crippen molar-refractivity contribution in [1.82, 2.24) is 29.4 Å². The van der Waals surface area contributed by atoms with Crippen LogP contribution in [0.5, 0.6) is 5.75 Å². The molecule has 0 amide bonds. The molecule has 3 aromatic heterocycles. The van der Waals surface area contributed by atoms with Crippen molar-refractivity contribution in [3.05, 3.63) is 66.6 Å². The van der Waals surface area contributed by atoms with E-state index in [4.69, 9.17) is 0 Å². The molecule has 7 heteroatoms. The Balaban J connectivity index is 1.71. The van der Waals surface area contributed by atoms with E-state index in [1.54, 1.807) is 39.9 Å². The fraction of sp³-hybridized carbons (Fsp3) is 0.0526. The summed E-state index contributed by atoms with van der Waals surface area (Å²) in [4.78, 5) is 9.09. The van der Waals surface area contributed by atoms with Crippen LogP contribution in [-0.4, -0.2) is 34.5 Å². The van der Waals surface area contributed by atoms with E-state index in [1.807, 2.05) is 37.3 Å². The summed E-state index contributed by atoms with van der Waals surface area (Å²) in [6, 6.07) is 15.1. The number of hydrogen-bond donors (Lipinski definition) is 1. The molecule has 0 aliphatic heterocycles. The van der Waals surface area contributed by atoms with E-state index in [0.29, 0.717) is 22.7 Å². The van der Waals surface area contributed by atoms with Gasteiger partial charge in [0.2, 0.25) is 0 Å². The van der Waals surface area contributed by atoms with Crippen LogP contribution in [0, 0.1) is 6.92 Å². The third kappa shape index (κ3) is 2.14. The molecular formula is C19H14N6O. The molecular weight excluding hydrogens is 328 g/mol. The molecule has 0 radical (unpaired) electrons. The highest BCUT2D eigenvalue weighted by Gasteiger charge is 2.15. The number of phenolic OH excluding ortho intramolecular Hbond substituents is 1. The summed E-state index contributed by atoms with van der Waals surface area (Å²) in [5, 5.41) is 19.8. The minimum Gasteiger partial charge on any atom is -0.507 e. The smallest absolute Gasteiger partial charge is 0.185 e. The van der Waals surface area contributed by atoms with Gasteiger partial charge in [-0.15, -0.1) is 5.10 Å². The van der Waals surface area contributed by atoms with Crippen LogP contribution in [-0.2, 0) is 0 Å². The molecule has 1 N–H and O–H groups in total. The Morgan fingerprint density at radius 1 is 0.962 bits per heavy atom. The van der Waals surface area contributed by atoms with Crippen molar-refractivity contribution >= 4 is 16.7 Å². The predicted molar refractivity (Wildman–Crippen MR) is 97.2 cm³/mol. The highest BCUT2D eigenvalue weighted by molar-refractivity contribution is 5.90. The zero-order valence-corrected chi connectivity index (χ0v) is 13.9. The average molecular weight is 342 g/mol. The average Bonchev–Trinajstić information content (AvgIpc) is 3.26. The van der Waals surface area contributed by atoms with Crippen LogP contribution in [0.1, 0.15) is 5.56 Å². The number of rotatable bonds is 2. The van der Waals surface area contributed by atoms with Crippen LogP contribution in [0.3, 0.4) is 0 Å². The topological polar surface area (TPSA) is 81.1 Å². The summed E-state index contributed by atoms with van der Waals surface area (Å²) in [5.74, 6) is 0.587. The first-order chi connectivity index (χ1) is 12.7. The third-order valence-electron chi connectivity index (χ3n) is 4.33. The van der Waals surface area contributed by atoms with Gasteiger partial charge in [-0.2, -0.15) is 5.10 Å². The molecule has 2 aromatic carbocycles. The quantitative estimate of drug-likeness (QED) is 0.533. The summed E-state index contributed by atoms with van der Waals surface area (Å²) in [6.45, 7) is 2.05. The van der Waals surface area contributed by atoms with Crippen LogP contribution >= 0.6 is 0 Å². The van der Waals surface area contributed by atoms with Crippen molar-refractivity contribution in [2.45, 2.75) is 6.92 Å². The lowest BCUT2D eigenvalue weighted by molar-refractivity contribution is 0.477. The van der Waals surface area contributed by atoms with Crippen LogP contribution in [0.15, 0.2) is 61.1 Å². The molecule has 0 bridgehead atoms. The summed E-state index contributed by atoms with van der Waals surface area (Å²) in [6.07, 6.45) is 3.35. The first kappa shape index (κ1) is 14.6. The Labute approximate surface area is 148 Å². The maximum absolute atomic E-state index is 10.1. The van der Waals surface area contributed by atoms with Crippen LogP contribution in [0.25, 0.3) is 33.8 Å². The molecule has 0 fully saturated rings. The lowest BCUT2D eigenvalue weighted by Gasteiger charge is -2.03. The lowest BCUT2D eigenvalue weighted by Crippen LogP contribution is -1.98. The number of aromatic hydroxyl groups is 1. The zero-order valence-electron chi connectivity index (χ0n) is 13.9. The van der Waals surface area contributed by atoms with Crippen molar-refractivity contribution < 1.29 is 5.11 Å². The van der Waals surface area contributed by atoms with E-state index in [2.05, 4.69) is 20.2 Å². The molecule has 3 heterocycles. The van der Waals surface area contributed by atoms with Crippen LogP contribution < -0.4 is 0 Å². The summed E-state index contributed by atoms with van der Waals surface area (Å²) in [7, 11) is 0. The molecule has 0 aliphatic carbocycles. The second kappa shape index (κ2) is 5.38. The van der Waals surface area contributed by atoms with Crippen molar-refractivity contribution in [1.29, 1.82) is 0 Å². The maximum atomic E-state index is 10.1. The Morgan fingerprint density at radius 3 is 2.58 bits per heavy atom. The van der Waals surface area contributed by atoms with Gasteiger partial charge in [0, 0.05) is 0 Å². The Bertz CT molecular complexity index is 1250. The lowest BCUT2D eigenvalue weighted by atomic mass is 10.2. The molecule has 0 spiro atoms. The summed E-state index contributed by atoms with van der Waals surface area (Å²) < 4.78 is 3.38. The van der Waals surface area contributed by atoms with Gasteiger partial charge in [0.25, 0.3) is 0 Å². The molecule has 0 unspecified atom stereocenters. The van der Waals surface area contributed by atoms with Gasteiger partial charge in [-0.25, -0.2) is 19.2 Å². The largest absolute Gasteiger partial charge is 0.507 e. The molecule has 126 valence electrons. The van der Waals surface area contributed by atoms with Crippen molar-refractivity contribution in [2.24, 2.45) is 0 Å². The van der Waals surface area contributed by atoms with Crippen LogP contribution in [0.2, 0.25) is 0 Å². The van der Waals surface area contributed by atoms with Gasteiger partial charge in [0.05, 0.1) is 22.8 Å². The van der Waals surface area contributed by atoms with Gasteiger partial charge >= 0.3 is 0 Å². The first-order valence-electron chi connectivity index (χ1n) is 8.15. The Kier molecular flexibility index (Phi) is 3.02. The second-order valence-electron chi connectivity index (χ2n) is 6.09. The number of nitrogens with zero attached hydrogens (tertiary/aromatic N) is 6. The maximum Gasteiger partial charge on any atom is 0.185 e. The summed E-state index contributed by atoms with van der Waals surface area (Å²) >= 11 is 0. The zero-order chi connectivity index (χ0) is 17.7. The molecule has 26 heavy (non-hydrogen) atoms. The van der Waals surface area contributed by atoms with Crippen molar-refractivity contribution in [2.75, 3.05) is 0 Å². The Hall–Kier alpha value is -3.74. The number of fused-ring (bicyclic) bond motifs is 3. The number of phenols is 1. The Morgan fingerprint density at radius 2 is 1.77 bits per heavy atom. The van der Waals surface area contributed by atoms with E-state index < -0.39 is 0 Å². The van der Waals surface area contributed by atoms with Gasteiger partial charge in [0.1, 0.15) is 12.1 Å². The van der Waals surface area contributed by atoms with E-state index >= 15 is 0 Å². The van der Waals surface area contributed by atoms with E-state index in [-0.39, 0.29) is 5.75 Å². The molecule has 0 atom stereocenters. The minimum absolute atomic E-state index is 0.142. The molecule has 0 saturated carbocycles. The highest BCUT2D eigenvalue weighted by Crippen LogP contribution is 2.28. The first-order valence-corrected chi connectivity index (χ1v) is 8.15. The van der Waals surface area contributed by atoms with E-state index in [0.717, 1.165) is 11.1 Å². The minimum atomic E-state index is 0.142. The molecule has 0 saturated heterocycles. The number of aryl methyl sites for hydroxylation is 1. The number of aromatic nitrogens is 6. The standard InChI is InChI=1S/C19H14N6O/c1-12-6-8-13(9-7-12)25-18-15(10-21-25)19-22-17(23-24(19)11-20-18)14-4-2-3-5-16(14)26/h2-11,26H,1H3. The van der Waals surface area contributed by atoms with Gasteiger partial charge in [-0.3, -0.25) is 0 Å². The SMILES string of the molecule is Cc1ccc(-n2ncc3c2ncn2nc(-c4ccccc4O)nc32)cc1. The summed E-state index contributed by atoms with van der Waals surface area (Å²) in [5.41, 5.74) is 4.05. The van der Waals surface area contributed by atoms with Gasteiger partial charge in [0.15, 0.2) is 17.1 Å². The highest BCUT2D eigenvalue weighted by atomic mass is 16.3. The van der Waals surface area contributed by atoms with E-state index in [1.165, 1.54) is 5.56 Å². The normalized spacial score (nSPS) is 11.4. The monoisotopic (exact) mass is 342 g/mol. The molecule has 5 aromatic rings. The van der Waals surface area contributed by atoms with Gasteiger partial charge < -0.3 is 5.11 Å². The van der Waals surface area contributed by atoms with E-state index in [9.17, 15) is 5.11 Å². The third-order valence-corrected chi connectivity index (χ3v) is 4.33. The fourth-order valence-corrected chi connectivity index (χ4v) is 2.97. The number of benzene rings is 2. The van der Waals surface area contributed by atoms with Gasteiger partial charge in [-0.1, -0.05) is 29.8 Å². The van der Waals surface area contributed by atoms with Crippen molar-refractivity contribution in [3.63, 3.8) is 0 Å². The van der Waals surface area contributed by atoms with Crippen LogP contribution in [0.4, 0.5) is 0 Å².